The first-order chi connectivity index (χ1) is 15.9. The number of halogens is 2. The molecule has 1 aliphatic carbocycles. The molecule has 2 aromatic carbocycles. The minimum Gasteiger partial charge on any atom is -0.395 e. The summed E-state index contributed by atoms with van der Waals surface area (Å²) < 4.78 is 49.6. The van der Waals surface area contributed by atoms with Crippen molar-refractivity contribution in [2.75, 3.05) is 18.6 Å². The third-order valence-electron chi connectivity index (χ3n) is 5.37. The summed E-state index contributed by atoms with van der Waals surface area (Å²) in [5.74, 6) is -1.01. The van der Waals surface area contributed by atoms with Crippen molar-refractivity contribution in [3.05, 3.63) is 81.9 Å². The quantitative estimate of drug-likeness (QED) is 0.528. The van der Waals surface area contributed by atoms with E-state index < -0.39 is 42.8 Å². The summed E-state index contributed by atoms with van der Waals surface area (Å²) in [6.45, 7) is -0.501. The van der Waals surface area contributed by atoms with Crippen LogP contribution in [0.3, 0.4) is 0 Å². The summed E-state index contributed by atoms with van der Waals surface area (Å²) in [7, 11) is -7.51. The zero-order valence-corrected chi connectivity index (χ0v) is 21.3. The Hall–Kier alpha value is -2.17. The van der Waals surface area contributed by atoms with Gasteiger partial charge in [0.2, 0.25) is 5.91 Å². The van der Waals surface area contributed by atoms with Crippen LogP contribution in [0.15, 0.2) is 75.6 Å². The van der Waals surface area contributed by atoms with Gasteiger partial charge in [-0.2, -0.15) is 0 Å². The van der Waals surface area contributed by atoms with Gasteiger partial charge in [0.25, 0.3) is 0 Å². The molecule has 1 amide bonds. The average Bonchev–Trinajstić information content (AvgIpc) is 2.73. The topological polar surface area (TPSA) is 118 Å². The summed E-state index contributed by atoms with van der Waals surface area (Å²) >= 11 is 13.0. The SMILES string of the molecule is CS(=O)(=O)C1(NC(=O)Cc2ccc(S(=O)(=O)CCO)cc2)C=C(Cl)C(c2ccccc2)=C(Cl)C1. The molecule has 0 fully saturated rings. The fraction of sp³-hybridized carbons (Fsp3) is 0.261. The number of aliphatic hydroxyl groups is 1. The Morgan fingerprint density at radius 2 is 1.65 bits per heavy atom. The smallest absolute Gasteiger partial charge is 0.225 e. The number of allylic oxidation sites excluding steroid dienone is 2. The van der Waals surface area contributed by atoms with Gasteiger partial charge in [0.15, 0.2) is 24.5 Å². The second-order valence-corrected chi connectivity index (χ2v) is 13.1. The lowest BCUT2D eigenvalue weighted by Gasteiger charge is -2.34. The van der Waals surface area contributed by atoms with Crippen LogP contribution < -0.4 is 5.32 Å². The van der Waals surface area contributed by atoms with Crippen LogP contribution in [0.4, 0.5) is 0 Å². The molecule has 0 spiro atoms. The molecule has 0 heterocycles. The van der Waals surface area contributed by atoms with Gasteiger partial charge in [0, 0.05) is 28.3 Å². The number of benzene rings is 2. The first kappa shape index (κ1) is 26.4. The summed E-state index contributed by atoms with van der Waals surface area (Å²) in [5.41, 5.74) is 1.69. The lowest BCUT2D eigenvalue weighted by Crippen LogP contribution is -2.54. The molecule has 3 rings (SSSR count). The lowest BCUT2D eigenvalue weighted by atomic mass is 9.95. The van der Waals surface area contributed by atoms with Crippen molar-refractivity contribution in [1.82, 2.24) is 5.32 Å². The molecule has 11 heteroatoms. The van der Waals surface area contributed by atoms with E-state index in [9.17, 15) is 21.6 Å². The number of rotatable bonds is 8. The van der Waals surface area contributed by atoms with Gasteiger partial charge in [0.05, 0.1) is 23.7 Å². The summed E-state index contributed by atoms with van der Waals surface area (Å²) in [6, 6.07) is 14.6. The molecule has 34 heavy (non-hydrogen) atoms. The molecule has 1 unspecified atom stereocenters. The zero-order valence-electron chi connectivity index (χ0n) is 18.2. The largest absolute Gasteiger partial charge is 0.395 e. The molecule has 0 aromatic heterocycles. The van der Waals surface area contributed by atoms with Crippen LogP contribution in [-0.4, -0.2) is 51.3 Å². The number of hydrogen-bond acceptors (Lipinski definition) is 6. The van der Waals surface area contributed by atoms with Crippen LogP contribution in [0.25, 0.3) is 5.57 Å². The fourth-order valence-corrected chi connectivity index (χ4v) is 6.69. The number of sulfone groups is 2. The van der Waals surface area contributed by atoms with Gasteiger partial charge in [-0.3, -0.25) is 4.79 Å². The van der Waals surface area contributed by atoms with Crippen LogP contribution in [0.2, 0.25) is 0 Å². The van der Waals surface area contributed by atoms with E-state index in [0.29, 0.717) is 11.1 Å². The molecule has 0 saturated heterocycles. The number of carbonyl (C=O) groups is 1. The van der Waals surface area contributed by atoms with Gasteiger partial charge in [-0.25, -0.2) is 16.8 Å². The van der Waals surface area contributed by atoms with Crippen LogP contribution in [0, 0.1) is 0 Å². The van der Waals surface area contributed by atoms with Crippen molar-refractivity contribution >= 4 is 54.4 Å². The van der Waals surface area contributed by atoms with E-state index in [1.165, 1.54) is 30.3 Å². The number of carbonyl (C=O) groups excluding carboxylic acids is 1. The molecule has 1 aliphatic rings. The summed E-state index contributed by atoms with van der Waals surface area (Å²) in [6.07, 6.45) is 1.89. The van der Waals surface area contributed by atoms with E-state index in [1.807, 2.05) is 6.07 Å². The maximum Gasteiger partial charge on any atom is 0.225 e. The van der Waals surface area contributed by atoms with Gasteiger partial charge < -0.3 is 10.4 Å². The van der Waals surface area contributed by atoms with Crippen LogP contribution >= 0.6 is 23.2 Å². The molecular formula is C23H23Cl2NO6S2. The molecule has 0 bridgehead atoms. The predicted octanol–water partition coefficient (Wildman–Crippen LogP) is 3.03. The van der Waals surface area contributed by atoms with Gasteiger partial charge in [-0.15, -0.1) is 0 Å². The molecular weight excluding hydrogens is 521 g/mol. The van der Waals surface area contributed by atoms with Crippen molar-refractivity contribution < 1.29 is 26.7 Å². The first-order valence-corrected chi connectivity index (χ1v) is 14.4. The number of nitrogens with one attached hydrogen (secondary N) is 1. The van der Waals surface area contributed by atoms with Gasteiger partial charge >= 0.3 is 0 Å². The number of aliphatic hydroxyl groups excluding tert-OH is 1. The number of amides is 1. The summed E-state index contributed by atoms with van der Waals surface area (Å²) in [5, 5.41) is 11.8. The van der Waals surface area contributed by atoms with Crippen molar-refractivity contribution in [2.24, 2.45) is 0 Å². The third kappa shape index (κ3) is 5.72. The van der Waals surface area contributed by atoms with E-state index in [-0.39, 0.29) is 27.8 Å². The van der Waals surface area contributed by atoms with Crippen molar-refractivity contribution in [1.29, 1.82) is 0 Å². The Kier molecular flexibility index (Phi) is 7.94. The first-order valence-electron chi connectivity index (χ1n) is 10.1. The highest BCUT2D eigenvalue weighted by Crippen LogP contribution is 2.42. The van der Waals surface area contributed by atoms with Gasteiger partial charge in [0.1, 0.15) is 0 Å². The number of hydrogen-bond donors (Lipinski definition) is 2. The minimum absolute atomic E-state index is 0.0191. The van der Waals surface area contributed by atoms with Crippen LogP contribution in [-0.2, 0) is 30.9 Å². The second-order valence-electron chi connectivity index (χ2n) is 7.89. The molecule has 0 saturated carbocycles. The highest BCUT2D eigenvalue weighted by Gasteiger charge is 2.44. The summed E-state index contributed by atoms with van der Waals surface area (Å²) in [4.78, 5) is 11.0. The highest BCUT2D eigenvalue weighted by atomic mass is 35.5. The maximum atomic E-state index is 12.8. The van der Waals surface area contributed by atoms with Gasteiger partial charge in [-0.05, 0) is 29.3 Å². The van der Waals surface area contributed by atoms with E-state index in [1.54, 1.807) is 24.3 Å². The molecule has 0 aliphatic heterocycles. The molecule has 1 atom stereocenters. The maximum absolute atomic E-state index is 12.8. The van der Waals surface area contributed by atoms with Crippen molar-refractivity contribution in [3.63, 3.8) is 0 Å². The fourth-order valence-electron chi connectivity index (χ4n) is 3.61. The lowest BCUT2D eigenvalue weighted by molar-refractivity contribution is -0.121. The van der Waals surface area contributed by atoms with Crippen LogP contribution in [0.5, 0.6) is 0 Å². The van der Waals surface area contributed by atoms with E-state index >= 15 is 0 Å². The monoisotopic (exact) mass is 543 g/mol. The van der Waals surface area contributed by atoms with Gasteiger partial charge in [-0.1, -0.05) is 65.7 Å². The van der Waals surface area contributed by atoms with Crippen molar-refractivity contribution in [2.45, 2.75) is 22.6 Å². The molecule has 2 N–H and O–H groups in total. The standard InChI is InChI=1S/C23H23Cl2NO6S2/c1-33(29,30)23(14-19(24)22(20(25)15-23)17-5-3-2-4-6-17)26-21(28)13-16-7-9-18(10-8-16)34(31,32)12-11-27/h2-10,14,27H,11-13,15H2,1H3,(H,26,28). The Labute approximate surface area is 208 Å². The average molecular weight is 544 g/mol. The molecule has 2 aromatic rings. The molecule has 182 valence electrons. The van der Waals surface area contributed by atoms with E-state index in [0.717, 1.165) is 11.8 Å². The Bertz CT molecular complexity index is 1350. The Morgan fingerprint density at radius 1 is 1.03 bits per heavy atom. The van der Waals surface area contributed by atoms with Crippen molar-refractivity contribution in [3.8, 4) is 0 Å². The zero-order chi connectivity index (χ0) is 25.1. The van der Waals surface area contributed by atoms with E-state index in [2.05, 4.69) is 5.32 Å². The Morgan fingerprint density at radius 3 is 2.18 bits per heavy atom. The van der Waals surface area contributed by atoms with Crippen LogP contribution in [0.1, 0.15) is 17.5 Å². The second kappa shape index (κ2) is 10.2. The molecule has 7 nitrogen and oxygen atoms in total. The minimum atomic E-state index is -3.89. The normalized spacial score (nSPS) is 19.0. The predicted molar refractivity (Wildman–Crippen MR) is 133 cm³/mol. The highest BCUT2D eigenvalue weighted by molar-refractivity contribution is 7.92. The molecule has 0 radical (unpaired) electrons. The third-order valence-corrected chi connectivity index (χ3v) is 9.39. The van der Waals surface area contributed by atoms with E-state index in [4.69, 9.17) is 28.3 Å². The Balaban J connectivity index is 1.85.